The van der Waals surface area contributed by atoms with E-state index < -0.39 is 6.61 Å². The molecule has 0 aliphatic carbocycles. The number of nitrogens with zero attached hydrogens (tertiary/aromatic N) is 1. The molecule has 25 heavy (non-hydrogen) atoms. The van der Waals surface area contributed by atoms with E-state index in [1.54, 1.807) is 18.2 Å². The minimum Gasteiger partial charge on any atom is -0.434 e. The van der Waals surface area contributed by atoms with Crippen molar-refractivity contribution < 1.29 is 18.3 Å². The molecule has 2 amide bonds. The molecule has 0 bridgehead atoms. The van der Waals surface area contributed by atoms with Crippen LogP contribution in [0.3, 0.4) is 0 Å². The summed E-state index contributed by atoms with van der Waals surface area (Å²) >= 11 is 0. The van der Waals surface area contributed by atoms with Crippen LogP contribution in [-0.2, 0) is 6.54 Å². The van der Waals surface area contributed by atoms with Crippen molar-refractivity contribution in [2.24, 2.45) is 0 Å². The number of nitrogens with one attached hydrogen (secondary N) is 2. The van der Waals surface area contributed by atoms with Gasteiger partial charge in [0.15, 0.2) is 0 Å². The van der Waals surface area contributed by atoms with Gasteiger partial charge in [0.1, 0.15) is 5.75 Å². The Morgan fingerprint density at radius 3 is 2.56 bits per heavy atom. The second kappa shape index (κ2) is 8.99. The SMILES string of the molecule is CC(C)(CNC(=O)NCc1ccccc1OC(F)F)N1CCCCC1. The lowest BCUT2D eigenvalue weighted by Gasteiger charge is -2.41. The van der Waals surface area contributed by atoms with Gasteiger partial charge in [0.25, 0.3) is 0 Å². The van der Waals surface area contributed by atoms with Crippen molar-refractivity contribution in [3.05, 3.63) is 29.8 Å². The predicted octanol–water partition coefficient (Wildman–Crippen LogP) is 3.35. The Balaban J connectivity index is 1.81. The Bertz CT molecular complexity index is 561. The second-order valence-corrected chi connectivity index (χ2v) is 6.88. The first kappa shape index (κ1) is 19.4. The van der Waals surface area contributed by atoms with Crippen LogP contribution in [0.2, 0.25) is 0 Å². The number of ether oxygens (including phenoxy) is 1. The number of para-hydroxylation sites is 1. The van der Waals surface area contributed by atoms with Gasteiger partial charge in [-0.3, -0.25) is 4.90 Å². The van der Waals surface area contributed by atoms with Crippen molar-refractivity contribution in [3.63, 3.8) is 0 Å². The summed E-state index contributed by atoms with van der Waals surface area (Å²) < 4.78 is 29.3. The summed E-state index contributed by atoms with van der Waals surface area (Å²) in [6.45, 7) is 4.09. The van der Waals surface area contributed by atoms with Gasteiger partial charge in [0.05, 0.1) is 0 Å². The zero-order valence-corrected chi connectivity index (χ0v) is 14.9. The molecular weight excluding hydrogens is 328 g/mol. The average molecular weight is 355 g/mol. The highest BCUT2D eigenvalue weighted by Crippen LogP contribution is 2.21. The van der Waals surface area contributed by atoms with Crippen LogP contribution in [-0.4, -0.2) is 42.7 Å². The average Bonchev–Trinajstić information content (AvgIpc) is 2.59. The molecule has 0 unspecified atom stereocenters. The molecule has 1 aliphatic heterocycles. The largest absolute Gasteiger partial charge is 0.434 e. The van der Waals surface area contributed by atoms with Crippen molar-refractivity contribution in [3.8, 4) is 5.75 Å². The van der Waals surface area contributed by atoms with Crippen molar-refractivity contribution >= 4 is 6.03 Å². The van der Waals surface area contributed by atoms with Gasteiger partial charge < -0.3 is 15.4 Å². The van der Waals surface area contributed by atoms with Crippen LogP contribution in [0.25, 0.3) is 0 Å². The number of carbonyl (C=O) groups excluding carboxylic acids is 1. The maximum Gasteiger partial charge on any atom is 0.387 e. The van der Waals surface area contributed by atoms with E-state index in [4.69, 9.17) is 0 Å². The molecule has 0 saturated carbocycles. The van der Waals surface area contributed by atoms with Crippen LogP contribution in [0.1, 0.15) is 38.7 Å². The lowest BCUT2D eigenvalue weighted by Crippen LogP contribution is -2.54. The molecule has 2 N–H and O–H groups in total. The summed E-state index contributed by atoms with van der Waals surface area (Å²) in [5.41, 5.74) is 0.391. The van der Waals surface area contributed by atoms with Gasteiger partial charge in [-0.05, 0) is 45.8 Å². The first-order chi connectivity index (χ1) is 11.9. The second-order valence-electron chi connectivity index (χ2n) is 6.88. The molecule has 1 aromatic rings. The fourth-order valence-corrected chi connectivity index (χ4v) is 3.01. The number of amides is 2. The van der Waals surface area contributed by atoms with E-state index in [0.717, 1.165) is 13.1 Å². The van der Waals surface area contributed by atoms with E-state index in [9.17, 15) is 13.6 Å². The highest BCUT2D eigenvalue weighted by Gasteiger charge is 2.28. The van der Waals surface area contributed by atoms with Gasteiger partial charge in [-0.15, -0.1) is 0 Å². The number of likely N-dealkylation sites (tertiary alicyclic amines) is 1. The first-order valence-electron chi connectivity index (χ1n) is 8.68. The third-order valence-electron chi connectivity index (χ3n) is 4.52. The number of piperidine rings is 1. The normalized spacial score (nSPS) is 15.9. The third-order valence-corrected chi connectivity index (χ3v) is 4.52. The highest BCUT2D eigenvalue weighted by atomic mass is 19.3. The molecule has 0 aromatic heterocycles. The Morgan fingerprint density at radius 1 is 1.20 bits per heavy atom. The number of urea groups is 1. The lowest BCUT2D eigenvalue weighted by atomic mass is 9.98. The van der Waals surface area contributed by atoms with Crippen LogP contribution in [0.15, 0.2) is 24.3 Å². The van der Waals surface area contributed by atoms with Crippen molar-refractivity contribution in [1.29, 1.82) is 0 Å². The maximum atomic E-state index is 12.4. The topological polar surface area (TPSA) is 53.6 Å². The molecule has 2 rings (SSSR count). The summed E-state index contributed by atoms with van der Waals surface area (Å²) in [5, 5.41) is 5.56. The van der Waals surface area contributed by atoms with E-state index in [1.807, 2.05) is 0 Å². The molecule has 0 radical (unpaired) electrons. The number of hydrogen-bond acceptors (Lipinski definition) is 3. The number of hydrogen-bond donors (Lipinski definition) is 2. The lowest BCUT2D eigenvalue weighted by molar-refractivity contribution is -0.0504. The summed E-state index contributed by atoms with van der Waals surface area (Å²) in [6, 6.07) is 6.11. The van der Waals surface area contributed by atoms with Gasteiger partial charge in [-0.25, -0.2) is 4.79 Å². The van der Waals surface area contributed by atoms with Crippen LogP contribution in [0.5, 0.6) is 5.75 Å². The number of alkyl halides is 2. The van der Waals surface area contributed by atoms with Gasteiger partial charge in [-0.2, -0.15) is 8.78 Å². The van der Waals surface area contributed by atoms with Crippen LogP contribution >= 0.6 is 0 Å². The summed E-state index contributed by atoms with van der Waals surface area (Å²) in [4.78, 5) is 14.4. The zero-order valence-electron chi connectivity index (χ0n) is 14.9. The van der Waals surface area contributed by atoms with Gasteiger partial charge in [0.2, 0.25) is 0 Å². The molecule has 1 heterocycles. The number of rotatable bonds is 7. The van der Waals surface area contributed by atoms with E-state index in [1.165, 1.54) is 25.3 Å². The molecule has 7 heteroatoms. The van der Waals surface area contributed by atoms with E-state index in [2.05, 4.69) is 34.1 Å². The fraction of sp³-hybridized carbons (Fsp3) is 0.611. The van der Waals surface area contributed by atoms with Crippen molar-refractivity contribution in [2.75, 3.05) is 19.6 Å². The standard InChI is InChI=1S/C18H27F2N3O2/c1-18(2,23-10-6-3-7-11-23)13-22-17(24)21-12-14-8-4-5-9-15(14)25-16(19)20/h4-5,8-9,16H,3,6-7,10-13H2,1-2H3,(H2,21,22,24). The van der Waals surface area contributed by atoms with Crippen LogP contribution in [0, 0.1) is 0 Å². The van der Waals surface area contributed by atoms with Crippen molar-refractivity contribution in [1.82, 2.24) is 15.5 Å². The smallest absolute Gasteiger partial charge is 0.387 e. The van der Waals surface area contributed by atoms with Gasteiger partial charge in [-0.1, -0.05) is 24.6 Å². The Labute approximate surface area is 147 Å². The quantitative estimate of drug-likeness (QED) is 0.789. The van der Waals surface area contributed by atoms with Crippen LogP contribution < -0.4 is 15.4 Å². The molecule has 1 aromatic carbocycles. The molecule has 0 spiro atoms. The Morgan fingerprint density at radius 2 is 1.88 bits per heavy atom. The fourth-order valence-electron chi connectivity index (χ4n) is 3.01. The van der Waals surface area contributed by atoms with Gasteiger partial charge in [0, 0.05) is 24.2 Å². The third kappa shape index (κ3) is 6.16. The van der Waals surface area contributed by atoms with Gasteiger partial charge >= 0.3 is 12.6 Å². The molecule has 5 nitrogen and oxygen atoms in total. The monoisotopic (exact) mass is 355 g/mol. The molecular formula is C18H27F2N3O2. The summed E-state index contributed by atoms with van der Waals surface area (Å²) in [5.74, 6) is 0.0754. The Kier molecular flexibility index (Phi) is 6.99. The van der Waals surface area contributed by atoms with E-state index >= 15 is 0 Å². The minimum absolute atomic E-state index is 0.0754. The summed E-state index contributed by atoms with van der Waals surface area (Å²) in [6.07, 6.45) is 3.65. The molecule has 140 valence electrons. The molecule has 1 aliphatic rings. The highest BCUT2D eigenvalue weighted by molar-refractivity contribution is 5.74. The molecule has 0 atom stereocenters. The van der Waals surface area contributed by atoms with Crippen molar-refractivity contribution in [2.45, 2.75) is 51.8 Å². The maximum absolute atomic E-state index is 12.4. The first-order valence-corrected chi connectivity index (χ1v) is 8.68. The molecule has 1 saturated heterocycles. The number of halogens is 2. The van der Waals surface area contributed by atoms with E-state index in [0.29, 0.717) is 12.1 Å². The Hall–Kier alpha value is -1.89. The predicted molar refractivity (Wildman–Crippen MR) is 92.8 cm³/mol. The number of carbonyl (C=O) groups is 1. The van der Waals surface area contributed by atoms with Crippen LogP contribution in [0.4, 0.5) is 13.6 Å². The summed E-state index contributed by atoms with van der Waals surface area (Å²) in [7, 11) is 0. The minimum atomic E-state index is -2.89. The molecule has 1 fully saturated rings. The van der Waals surface area contributed by atoms with E-state index in [-0.39, 0.29) is 23.9 Å². The number of benzene rings is 1. The zero-order chi connectivity index (χ0) is 18.3.